The summed E-state index contributed by atoms with van der Waals surface area (Å²) in [7, 11) is 0. The van der Waals surface area contributed by atoms with Gasteiger partial charge in [-0.3, -0.25) is 0 Å². The first-order valence-electron chi connectivity index (χ1n) is 3.19. The molecule has 1 saturated heterocycles. The lowest BCUT2D eigenvalue weighted by Gasteiger charge is -2.34. The summed E-state index contributed by atoms with van der Waals surface area (Å²) in [5.41, 5.74) is 5.34. The first-order chi connectivity index (χ1) is 5.21. The molecule has 0 spiro atoms. The van der Waals surface area contributed by atoms with Crippen LogP contribution in [-0.2, 0) is 10.3 Å². The molecule has 2 rings (SSSR count). The minimum Gasteiger partial charge on any atom is -0.432 e. The van der Waals surface area contributed by atoms with Gasteiger partial charge in [0.05, 0.1) is 19.4 Å². The van der Waals surface area contributed by atoms with Crippen molar-refractivity contribution >= 4 is 15.9 Å². The number of aromatic nitrogens is 1. The van der Waals surface area contributed by atoms with Crippen molar-refractivity contribution in [2.45, 2.75) is 5.54 Å². The number of hydrogen-bond donors (Lipinski definition) is 1. The van der Waals surface area contributed by atoms with Crippen LogP contribution in [0.25, 0.3) is 0 Å². The Labute approximate surface area is 71.9 Å². The minimum absolute atomic E-state index is 0.486. The molecule has 0 unspecified atom stereocenters. The maximum atomic E-state index is 5.84. The van der Waals surface area contributed by atoms with Crippen LogP contribution >= 0.6 is 15.9 Å². The quantitative estimate of drug-likeness (QED) is 0.752. The maximum absolute atomic E-state index is 5.84. The lowest BCUT2D eigenvalue weighted by atomic mass is 10.00. The number of nitrogens with zero attached hydrogens (tertiary/aromatic N) is 1. The van der Waals surface area contributed by atoms with Crippen molar-refractivity contribution in [2.24, 2.45) is 5.73 Å². The minimum atomic E-state index is -0.494. The smallest absolute Gasteiger partial charge is 0.220 e. The van der Waals surface area contributed by atoms with E-state index in [9.17, 15) is 0 Å². The van der Waals surface area contributed by atoms with E-state index < -0.39 is 5.54 Å². The van der Waals surface area contributed by atoms with E-state index in [0.29, 0.717) is 23.8 Å². The van der Waals surface area contributed by atoms with Gasteiger partial charge in [0.1, 0.15) is 5.54 Å². The van der Waals surface area contributed by atoms with Gasteiger partial charge in [-0.25, -0.2) is 4.98 Å². The van der Waals surface area contributed by atoms with Gasteiger partial charge >= 0.3 is 0 Å². The van der Waals surface area contributed by atoms with Crippen LogP contribution in [0, 0.1) is 0 Å². The van der Waals surface area contributed by atoms with Gasteiger partial charge in [-0.1, -0.05) is 0 Å². The number of oxazole rings is 1. The molecule has 0 radical (unpaired) electrons. The largest absolute Gasteiger partial charge is 0.432 e. The third-order valence-corrected chi connectivity index (χ3v) is 1.99. The topological polar surface area (TPSA) is 61.3 Å². The number of hydrogen-bond acceptors (Lipinski definition) is 4. The van der Waals surface area contributed by atoms with Crippen molar-refractivity contribution < 1.29 is 9.15 Å². The maximum Gasteiger partial charge on any atom is 0.220 e. The summed E-state index contributed by atoms with van der Waals surface area (Å²) in [5.74, 6) is 0.538. The van der Waals surface area contributed by atoms with E-state index in [2.05, 4.69) is 20.9 Å². The van der Waals surface area contributed by atoms with Gasteiger partial charge in [0.25, 0.3) is 0 Å². The predicted octanol–water partition coefficient (Wildman–Crippen LogP) is 0.621. The summed E-state index contributed by atoms with van der Waals surface area (Å²) >= 11 is 3.15. The molecule has 2 heterocycles. The molecule has 1 aliphatic rings. The number of rotatable bonds is 1. The molecule has 0 saturated carbocycles. The molecule has 1 fully saturated rings. The Morgan fingerprint density at radius 1 is 1.64 bits per heavy atom. The van der Waals surface area contributed by atoms with Gasteiger partial charge in [0.15, 0.2) is 4.67 Å². The summed E-state index contributed by atoms with van der Waals surface area (Å²) in [5, 5.41) is 0. The van der Waals surface area contributed by atoms with Gasteiger partial charge in [0.2, 0.25) is 5.89 Å². The SMILES string of the molecule is NC1(c2ncc(Br)o2)COC1. The van der Waals surface area contributed by atoms with Crippen LogP contribution in [-0.4, -0.2) is 18.2 Å². The van der Waals surface area contributed by atoms with E-state index >= 15 is 0 Å². The Morgan fingerprint density at radius 2 is 2.36 bits per heavy atom. The molecule has 11 heavy (non-hydrogen) atoms. The third kappa shape index (κ3) is 1.09. The summed E-state index contributed by atoms with van der Waals surface area (Å²) < 4.78 is 10.8. The standard InChI is InChI=1S/C6H7BrN2O2/c7-4-1-9-5(11-4)6(8)2-10-3-6/h1H,2-3,8H2. The molecule has 0 bridgehead atoms. The molecule has 1 aromatic rings. The Morgan fingerprint density at radius 3 is 2.73 bits per heavy atom. The molecule has 2 N–H and O–H groups in total. The van der Waals surface area contributed by atoms with Crippen LogP contribution in [0.1, 0.15) is 5.89 Å². The first-order valence-corrected chi connectivity index (χ1v) is 3.98. The number of ether oxygens (including phenoxy) is 1. The zero-order valence-electron chi connectivity index (χ0n) is 5.71. The highest BCUT2D eigenvalue weighted by molar-refractivity contribution is 9.10. The van der Waals surface area contributed by atoms with E-state index in [1.807, 2.05) is 0 Å². The second kappa shape index (κ2) is 2.30. The molecule has 1 aromatic heterocycles. The number of halogens is 1. The normalized spacial score (nSPS) is 21.3. The van der Waals surface area contributed by atoms with Crippen molar-refractivity contribution in [1.82, 2.24) is 4.98 Å². The molecule has 0 amide bonds. The van der Waals surface area contributed by atoms with E-state index in [1.54, 1.807) is 6.20 Å². The molecule has 0 atom stereocenters. The molecule has 0 aromatic carbocycles. The molecule has 4 nitrogen and oxygen atoms in total. The fourth-order valence-electron chi connectivity index (χ4n) is 0.930. The Balaban J connectivity index is 2.28. The van der Waals surface area contributed by atoms with Crippen LogP contribution < -0.4 is 5.73 Å². The Hall–Kier alpha value is -0.390. The molecule has 0 aliphatic carbocycles. The highest BCUT2D eigenvalue weighted by atomic mass is 79.9. The lowest BCUT2D eigenvalue weighted by molar-refractivity contribution is -0.0697. The van der Waals surface area contributed by atoms with E-state index in [0.717, 1.165) is 0 Å². The van der Waals surface area contributed by atoms with Gasteiger partial charge in [-0.15, -0.1) is 0 Å². The van der Waals surface area contributed by atoms with E-state index in [1.165, 1.54) is 0 Å². The van der Waals surface area contributed by atoms with Crippen LogP contribution in [0.5, 0.6) is 0 Å². The number of nitrogens with two attached hydrogens (primary N) is 1. The van der Waals surface area contributed by atoms with Gasteiger partial charge in [-0.05, 0) is 15.9 Å². The first kappa shape index (κ1) is 7.27. The third-order valence-electron chi connectivity index (χ3n) is 1.62. The molecular formula is C6H7BrN2O2. The second-order valence-electron chi connectivity index (χ2n) is 2.62. The van der Waals surface area contributed by atoms with Crippen molar-refractivity contribution in [2.75, 3.05) is 13.2 Å². The van der Waals surface area contributed by atoms with E-state index in [4.69, 9.17) is 14.9 Å². The van der Waals surface area contributed by atoms with Crippen LogP contribution in [0.2, 0.25) is 0 Å². The summed E-state index contributed by atoms with van der Waals surface area (Å²) in [6.45, 7) is 0.972. The zero-order chi connectivity index (χ0) is 7.90. The van der Waals surface area contributed by atoms with Gasteiger partial charge in [0, 0.05) is 0 Å². The predicted molar refractivity (Wildman–Crippen MR) is 40.9 cm³/mol. The summed E-state index contributed by atoms with van der Waals surface area (Å²) in [6, 6.07) is 0. The second-order valence-corrected chi connectivity index (χ2v) is 3.40. The Bertz CT molecular complexity index is 269. The average molecular weight is 219 g/mol. The van der Waals surface area contributed by atoms with Crippen molar-refractivity contribution in [3.63, 3.8) is 0 Å². The monoisotopic (exact) mass is 218 g/mol. The Kier molecular flexibility index (Phi) is 1.52. The van der Waals surface area contributed by atoms with Crippen LogP contribution in [0.3, 0.4) is 0 Å². The fraction of sp³-hybridized carbons (Fsp3) is 0.500. The lowest BCUT2D eigenvalue weighted by Crippen LogP contribution is -2.54. The zero-order valence-corrected chi connectivity index (χ0v) is 7.30. The fourth-order valence-corrected chi connectivity index (χ4v) is 1.19. The molecular weight excluding hydrogens is 212 g/mol. The molecule has 5 heteroatoms. The molecule has 60 valence electrons. The van der Waals surface area contributed by atoms with Crippen LogP contribution in [0.4, 0.5) is 0 Å². The van der Waals surface area contributed by atoms with Gasteiger partial charge in [-0.2, -0.15) is 0 Å². The van der Waals surface area contributed by atoms with Crippen molar-refractivity contribution in [1.29, 1.82) is 0 Å². The van der Waals surface area contributed by atoms with Gasteiger partial charge < -0.3 is 14.9 Å². The average Bonchev–Trinajstić information content (AvgIpc) is 2.31. The summed E-state index contributed by atoms with van der Waals surface area (Å²) in [6.07, 6.45) is 1.59. The highest BCUT2D eigenvalue weighted by Gasteiger charge is 2.40. The van der Waals surface area contributed by atoms with E-state index in [-0.39, 0.29) is 0 Å². The highest BCUT2D eigenvalue weighted by Crippen LogP contribution is 2.27. The van der Waals surface area contributed by atoms with Crippen LogP contribution in [0.15, 0.2) is 15.3 Å². The van der Waals surface area contributed by atoms with Crippen molar-refractivity contribution in [3.8, 4) is 0 Å². The molecule has 1 aliphatic heterocycles. The van der Waals surface area contributed by atoms with Crippen molar-refractivity contribution in [3.05, 3.63) is 16.8 Å². The summed E-state index contributed by atoms with van der Waals surface area (Å²) in [4.78, 5) is 3.99.